The zero-order valence-electron chi connectivity index (χ0n) is 10.1. The van der Waals surface area contributed by atoms with E-state index in [4.69, 9.17) is 5.73 Å². The van der Waals surface area contributed by atoms with Gasteiger partial charge in [-0.15, -0.1) is 0 Å². The Labute approximate surface area is 92.4 Å². The largest absolute Gasteiger partial charge is 0.340 e. The molecule has 2 N–H and O–H groups in total. The van der Waals surface area contributed by atoms with Crippen molar-refractivity contribution in [1.29, 1.82) is 0 Å². The van der Waals surface area contributed by atoms with Crippen LogP contribution < -0.4 is 5.73 Å². The monoisotopic (exact) mass is 213 g/mol. The molecule has 1 aliphatic heterocycles. The van der Waals surface area contributed by atoms with Crippen LogP contribution >= 0.6 is 0 Å². The molecule has 4 nitrogen and oxygen atoms in total. The molecule has 0 aliphatic carbocycles. The topological polar surface area (TPSA) is 49.6 Å². The molecule has 88 valence electrons. The normalized spacial score (nSPS) is 27.1. The Hall–Kier alpha value is -0.610. The number of nitrogens with two attached hydrogens (primary N) is 1. The fourth-order valence-electron chi connectivity index (χ4n) is 2.03. The van der Waals surface area contributed by atoms with Crippen LogP contribution in [0.15, 0.2) is 0 Å². The summed E-state index contributed by atoms with van der Waals surface area (Å²) in [5.41, 5.74) is 6.06. The van der Waals surface area contributed by atoms with Gasteiger partial charge in [0.2, 0.25) is 5.91 Å². The molecule has 0 aromatic rings. The predicted molar refractivity (Wildman–Crippen MR) is 61.6 cm³/mol. The average molecular weight is 213 g/mol. The Morgan fingerprint density at radius 1 is 1.53 bits per heavy atom. The van der Waals surface area contributed by atoms with Crippen molar-refractivity contribution in [3.8, 4) is 0 Å². The van der Waals surface area contributed by atoms with E-state index in [1.165, 1.54) is 0 Å². The Morgan fingerprint density at radius 3 is 2.73 bits per heavy atom. The number of likely N-dealkylation sites (tertiary alicyclic amines) is 1. The van der Waals surface area contributed by atoms with Crippen LogP contribution in [0.3, 0.4) is 0 Å². The van der Waals surface area contributed by atoms with E-state index in [9.17, 15) is 4.79 Å². The molecule has 1 amide bonds. The van der Waals surface area contributed by atoms with E-state index < -0.39 is 0 Å². The molecule has 4 heteroatoms. The molecule has 1 unspecified atom stereocenters. The number of hydrogen-bond acceptors (Lipinski definition) is 3. The number of amides is 1. The minimum Gasteiger partial charge on any atom is -0.340 e. The summed E-state index contributed by atoms with van der Waals surface area (Å²) in [5, 5.41) is 0. The zero-order valence-corrected chi connectivity index (χ0v) is 10.1. The summed E-state index contributed by atoms with van der Waals surface area (Å²) in [5.74, 6) is 0.197. The summed E-state index contributed by atoms with van der Waals surface area (Å²) < 4.78 is 0. The molecule has 15 heavy (non-hydrogen) atoms. The quantitative estimate of drug-likeness (QED) is 0.732. The van der Waals surface area contributed by atoms with Gasteiger partial charge in [-0.25, -0.2) is 0 Å². The van der Waals surface area contributed by atoms with Crippen LogP contribution in [0.5, 0.6) is 0 Å². The summed E-state index contributed by atoms with van der Waals surface area (Å²) in [6.45, 7) is 4.17. The number of carbonyl (C=O) groups is 1. The molecule has 1 aliphatic rings. The van der Waals surface area contributed by atoms with E-state index >= 15 is 0 Å². The third kappa shape index (κ3) is 3.47. The highest BCUT2D eigenvalue weighted by atomic mass is 16.2. The molecule has 0 aromatic heterocycles. The van der Waals surface area contributed by atoms with Gasteiger partial charge in [0.1, 0.15) is 0 Å². The molecule has 1 heterocycles. The predicted octanol–water partition coefficient (Wildman–Crippen LogP) is 0.278. The molecule has 1 atom stereocenters. The van der Waals surface area contributed by atoms with E-state index in [1.54, 1.807) is 0 Å². The third-order valence-electron chi connectivity index (χ3n) is 3.12. The molecule has 0 radical (unpaired) electrons. The second kappa shape index (κ2) is 4.94. The smallest absolute Gasteiger partial charge is 0.236 e. The van der Waals surface area contributed by atoms with Crippen molar-refractivity contribution in [2.24, 2.45) is 5.73 Å². The molecule has 1 fully saturated rings. The standard InChI is InChI=1S/C11H23N3O/c1-4-11(12)6-5-7-14(9-11)10(15)8-13(2)3/h4-9,12H2,1-3H3. The highest BCUT2D eigenvalue weighted by Crippen LogP contribution is 2.21. The molecule has 0 spiro atoms. The third-order valence-corrected chi connectivity index (χ3v) is 3.12. The average Bonchev–Trinajstić information content (AvgIpc) is 2.17. The molecule has 0 aromatic carbocycles. The number of likely N-dealkylation sites (N-methyl/N-ethyl adjacent to an activating group) is 1. The maximum Gasteiger partial charge on any atom is 0.236 e. The Kier molecular flexibility index (Phi) is 4.11. The molecule has 0 bridgehead atoms. The Balaban J connectivity index is 2.52. The first-order valence-electron chi connectivity index (χ1n) is 5.68. The maximum atomic E-state index is 11.8. The van der Waals surface area contributed by atoms with Crippen molar-refractivity contribution in [3.05, 3.63) is 0 Å². The summed E-state index contributed by atoms with van der Waals surface area (Å²) in [4.78, 5) is 15.7. The lowest BCUT2D eigenvalue weighted by Crippen LogP contribution is -2.56. The first-order chi connectivity index (χ1) is 6.97. The van der Waals surface area contributed by atoms with Gasteiger partial charge in [-0.2, -0.15) is 0 Å². The van der Waals surface area contributed by atoms with Gasteiger partial charge in [-0.05, 0) is 33.4 Å². The van der Waals surface area contributed by atoms with Crippen LogP contribution in [-0.4, -0.2) is 55.0 Å². The van der Waals surface area contributed by atoms with Crippen molar-refractivity contribution >= 4 is 5.91 Å². The van der Waals surface area contributed by atoms with Crippen LogP contribution in [-0.2, 0) is 4.79 Å². The Morgan fingerprint density at radius 2 is 2.20 bits per heavy atom. The van der Waals surface area contributed by atoms with E-state index in [0.717, 1.165) is 32.4 Å². The number of rotatable bonds is 3. The van der Waals surface area contributed by atoms with Crippen molar-refractivity contribution < 1.29 is 4.79 Å². The van der Waals surface area contributed by atoms with Crippen LogP contribution in [0, 0.1) is 0 Å². The summed E-state index contributed by atoms with van der Waals surface area (Å²) in [7, 11) is 3.83. The lowest BCUT2D eigenvalue weighted by Gasteiger charge is -2.40. The first-order valence-corrected chi connectivity index (χ1v) is 5.68. The number of hydrogen-bond donors (Lipinski definition) is 1. The van der Waals surface area contributed by atoms with Crippen molar-refractivity contribution in [1.82, 2.24) is 9.80 Å². The lowest BCUT2D eigenvalue weighted by molar-refractivity contribution is -0.134. The molecule has 1 rings (SSSR count). The van der Waals surface area contributed by atoms with E-state index in [2.05, 4.69) is 6.92 Å². The van der Waals surface area contributed by atoms with Gasteiger partial charge in [0.25, 0.3) is 0 Å². The van der Waals surface area contributed by atoms with Gasteiger partial charge in [-0.3, -0.25) is 4.79 Å². The van der Waals surface area contributed by atoms with E-state index in [1.807, 2.05) is 23.9 Å². The first kappa shape index (κ1) is 12.5. The number of nitrogens with zero attached hydrogens (tertiary/aromatic N) is 2. The van der Waals surface area contributed by atoms with Gasteiger partial charge in [0.05, 0.1) is 6.54 Å². The van der Waals surface area contributed by atoms with Crippen LogP contribution in [0.25, 0.3) is 0 Å². The number of carbonyl (C=O) groups excluding carboxylic acids is 1. The summed E-state index contributed by atoms with van der Waals surface area (Å²) in [6, 6.07) is 0. The summed E-state index contributed by atoms with van der Waals surface area (Å²) >= 11 is 0. The van der Waals surface area contributed by atoms with Crippen LogP contribution in [0.1, 0.15) is 26.2 Å². The Bertz CT molecular complexity index is 230. The van der Waals surface area contributed by atoms with Crippen molar-refractivity contribution in [3.63, 3.8) is 0 Å². The molecular weight excluding hydrogens is 190 g/mol. The van der Waals surface area contributed by atoms with Crippen LogP contribution in [0.4, 0.5) is 0 Å². The molecule has 0 saturated carbocycles. The van der Waals surface area contributed by atoms with Gasteiger partial charge < -0.3 is 15.5 Å². The highest BCUT2D eigenvalue weighted by Gasteiger charge is 2.31. The zero-order chi connectivity index (χ0) is 11.5. The SMILES string of the molecule is CCC1(N)CCCN(C(=O)CN(C)C)C1. The highest BCUT2D eigenvalue weighted by molar-refractivity contribution is 5.78. The fraction of sp³-hybridized carbons (Fsp3) is 0.909. The minimum absolute atomic E-state index is 0.153. The van der Waals surface area contributed by atoms with E-state index in [-0.39, 0.29) is 11.4 Å². The van der Waals surface area contributed by atoms with Gasteiger partial charge in [0.15, 0.2) is 0 Å². The van der Waals surface area contributed by atoms with Gasteiger partial charge >= 0.3 is 0 Å². The number of piperidine rings is 1. The maximum absolute atomic E-state index is 11.8. The second-order valence-corrected chi connectivity index (χ2v) is 4.87. The molecule has 1 saturated heterocycles. The second-order valence-electron chi connectivity index (χ2n) is 4.87. The fourth-order valence-corrected chi connectivity index (χ4v) is 2.03. The van der Waals surface area contributed by atoms with Crippen molar-refractivity contribution in [2.45, 2.75) is 31.7 Å². The molecular formula is C11H23N3O. The van der Waals surface area contributed by atoms with Crippen LogP contribution in [0.2, 0.25) is 0 Å². The van der Waals surface area contributed by atoms with Gasteiger partial charge in [-0.1, -0.05) is 6.92 Å². The van der Waals surface area contributed by atoms with Crippen molar-refractivity contribution in [2.75, 3.05) is 33.7 Å². The summed E-state index contributed by atoms with van der Waals surface area (Å²) in [6.07, 6.45) is 3.01. The van der Waals surface area contributed by atoms with E-state index in [0.29, 0.717) is 6.54 Å². The minimum atomic E-state index is -0.153. The van der Waals surface area contributed by atoms with Gasteiger partial charge in [0, 0.05) is 18.6 Å². The lowest BCUT2D eigenvalue weighted by atomic mass is 9.87.